The van der Waals surface area contributed by atoms with E-state index in [0.29, 0.717) is 12.6 Å². The van der Waals surface area contributed by atoms with Gasteiger partial charge in [-0.15, -0.1) is 0 Å². The second kappa shape index (κ2) is 8.48. The molecular formula is C13H27N3O. The van der Waals surface area contributed by atoms with Gasteiger partial charge in [0.05, 0.1) is 6.54 Å². The third-order valence-corrected chi connectivity index (χ3v) is 3.40. The van der Waals surface area contributed by atoms with Crippen molar-refractivity contribution in [3.8, 4) is 0 Å². The molecule has 0 aromatic rings. The van der Waals surface area contributed by atoms with Crippen molar-refractivity contribution in [3.05, 3.63) is 0 Å². The van der Waals surface area contributed by atoms with Gasteiger partial charge in [-0.1, -0.05) is 13.3 Å². The summed E-state index contributed by atoms with van der Waals surface area (Å²) in [5.74, 6) is -0.208. The van der Waals surface area contributed by atoms with Crippen molar-refractivity contribution in [2.45, 2.75) is 51.5 Å². The summed E-state index contributed by atoms with van der Waals surface area (Å²) in [5.41, 5.74) is 5.27. The molecule has 1 atom stereocenters. The van der Waals surface area contributed by atoms with Gasteiger partial charge in [0.25, 0.3) is 0 Å². The van der Waals surface area contributed by atoms with Crippen LogP contribution >= 0.6 is 0 Å². The average Bonchev–Trinajstić information content (AvgIpc) is 2.78. The fourth-order valence-corrected chi connectivity index (χ4v) is 2.44. The molecule has 1 saturated heterocycles. The molecule has 0 bridgehead atoms. The van der Waals surface area contributed by atoms with Crippen molar-refractivity contribution in [1.29, 1.82) is 0 Å². The Labute approximate surface area is 105 Å². The summed E-state index contributed by atoms with van der Waals surface area (Å²) in [5, 5.41) is 3.50. The summed E-state index contributed by atoms with van der Waals surface area (Å²) in [6, 6.07) is 0.705. The van der Waals surface area contributed by atoms with Crippen molar-refractivity contribution in [1.82, 2.24) is 10.2 Å². The number of primary amides is 1. The number of hydrogen-bond acceptors (Lipinski definition) is 3. The van der Waals surface area contributed by atoms with E-state index in [0.717, 1.165) is 25.9 Å². The molecule has 1 amide bonds. The minimum absolute atomic E-state index is 0.208. The fraction of sp³-hybridized carbons (Fsp3) is 0.923. The molecule has 3 N–H and O–H groups in total. The van der Waals surface area contributed by atoms with E-state index in [-0.39, 0.29) is 5.91 Å². The largest absolute Gasteiger partial charge is 0.369 e. The van der Waals surface area contributed by atoms with Crippen molar-refractivity contribution in [2.75, 3.05) is 26.2 Å². The maximum atomic E-state index is 11.0. The Hall–Kier alpha value is -0.610. The van der Waals surface area contributed by atoms with Crippen molar-refractivity contribution >= 4 is 5.91 Å². The van der Waals surface area contributed by atoms with Crippen LogP contribution in [0.4, 0.5) is 0 Å². The second-order valence-corrected chi connectivity index (χ2v) is 5.03. The third kappa shape index (κ3) is 6.64. The van der Waals surface area contributed by atoms with Crippen LogP contribution in [0.2, 0.25) is 0 Å². The minimum Gasteiger partial charge on any atom is -0.369 e. The summed E-state index contributed by atoms with van der Waals surface area (Å²) in [7, 11) is 0. The number of nitrogens with zero attached hydrogens (tertiary/aromatic N) is 1. The normalized spacial score (nSPS) is 20.0. The fourth-order valence-electron chi connectivity index (χ4n) is 2.44. The van der Waals surface area contributed by atoms with Crippen LogP contribution < -0.4 is 11.1 Å². The quantitative estimate of drug-likeness (QED) is 0.635. The second-order valence-electron chi connectivity index (χ2n) is 5.03. The number of rotatable bonds is 9. The van der Waals surface area contributed by atoms with Crippen LogP contribution in [-0.4, -0.2) is 43.0 Å². The number of hydrogen-bond donors (Lipinski definition) is 2. The van der Waals surface area contributed by atoms with Gasteiger partial charge in [-0.25, -0.2) is 0 Å². The van der Waals surface area contributed by atoms with Gasteiger partial charge < -0.3 is 11.1 Å². The van der Waals surface area contributed by atoms with E-state index in [1.807, 2.05) is 0 Å². The molecule has 1 aliphatic rings. The van der Waals surface area contributed by atoms with E-state index in [4.69, 9.17) is 5.73 Å². The molecule has 1 fully saturated rings. The van der Waals surface area contributed by atoms with Gasteiger partial charge in [0, 0.05) is 6.04 Å². The number of carbonyl (C=O) groups excluding carboxylic acids is 1. The highest BCUT2D eigenvalue weighted by molar-refractivity contribution is 5.75. The minimum atomic E-state index is -0.208. The van der Waals surface area contributed by atoms with Gasteiger partial charge in [-0.05, 0) is 51.7 Å². The van der Waals surface area contributed by atoms with Crippen molar-refractivity contribution in [2.24, 2.45) is 5.73 Å². The zero-order chi connectivity index (χ0) is 12.5. The van der Waals surface area contributed by atoms with Gasteiger partial charge in [0.2, 0.25) is 5.91 Å². The molecule has 0 aliphatic carbocycles. The Kier molecular flexibility index (Phi) is 7.21. The zero-order valence-corrected chi connectivity index (χ0v) is 11.1. The van der Waals surface area contributed by atoms with Crippen molar-refractivity contribution in [3.63, 3.8) is 0 Å². The summed E-state index contributed by atoms with van der Waals surface area (Å²) in [6.45, 7) is 5.76. The highest BCUT2D eigenvalue weighted by atomic mass is 16.1. The Bertz CT molecular complexity index is 215. The maximum absolute atomic E-state index is 11.0. The molecule has 1 aliphatic heterocycles. The monoisotopic (exact) mass is 241 g/mol. The van der Waals surface area contributed by atoms with E-state index in [1.165, 1.54) is 32.2 Å². The first-order valence-electron chi connectivity index (χ1n) is 6.96. The molecule has 1 rings (SSSR count). The molecule has 0 aromatic heterocycles. The molecule has 0 saturated carbocycles. The number of nitrogens with two attached hydrogens (primary N) is 1. The average molecular weight is 241 g/mol. The van der Waals surface area contributed by atoms with E-state index in [1.54, 1.807) is 0 Å². The first-order valence-corrected chi connectivity index (χ1v) is 6.96. The molecule has 0 spiro atoms. The summed E-state index contributed by atoms with van der Waals surface area (Å²) >= 11 is 0. The predicted octanol–water partition coefficient (Wildman–Crippen LogP) is 1.11. The van der Waals surface area contributed by atoms with Crippen LogP contribution in [0.25, 0.3) is 0 Å². The van der Waals surface area contributed by atoms with Crippen molar-refractivity contribution < 1.29 is 4.79 Å². The zero-order valence-electron chi connectivity index (χ0n) is 11.1. The van der Waals surface area contributed by atoms with E-state index >= 15 is 0 Å². The molecule has 1 unspecified atom stereocenters. The smallest absolute Gasteiger partial charge is 0.231 e. The Morgan fingerprint density at radius 1 is 1.41 bits per heavy atom. The maximum Gasteiger partial charge on any atom is 0.231 e. The lowest BCUT2D eigenvalue weighted by molar-refractivity contribution is -0.119. The molecular weight excluding hydrogens is 214 g/mol. The molecule has 100 valence electrons. The van der Waals surface area contributed by atoms with Gasteiger partial charge in [0.15, 0.2) is 0 Å². The standard InChI is InChI=1S/C13H27N3O/c1-2-3-9-16(11-13(14)17)10-5-7-12-6-4-8-15-12/h12,15H,2-11H2,1H3,(H2,14,17). The van der Waals surface area contributed by atoms with Gasteiger partial charge in [-0.3, -0.25) is 9.69 Å². The number of unbranched alkanes of at least 4 members (excludes halogenated alkanes) is 1. The van der Waals surface area contributed by atoms with Crippen LogP contribution in [0.1, 0.15) is 45.4 Å². The predicted molar refractivity (Wildman–Crippen MR) is 70.8 cm³/mol. The Morgan fingerprint density at radius 3 is 2.76 bits per heavy atom. The van der Waals surface area contributed by atoms with Crippen LogP contribution in [0, 0.1) is 0 Å². The van der Waals surface area contributed by atoms with E-state index in [9.17, 15) is 4.79 Å². The topological polar surface area (TPSA) is 58.4 Å². The summed E-state index contributed by atoms with van der Waals surface area (Å²) < 4.78 is 0. The molecule has 17 heavy (non-hydrogen) atoms. The van der Waals surface area contributed by atoms with E-state index < -0.39 is 0 Å². The lowest BCUT2D eigenvalue weighted by atomic mass is 10.1. The molecule has 0 aromatic carbocycles. The van der Waals surface area contributed by atoms with Crippen LogP contribution in [0.15, 0.2) is 0 Å². The molecule has 1 heterocycles. The first-order chi connectivity index (χ1) is 8.22. The number of carbonyl (C=O) groups is 1. The number of nitrogens with one attached hydrogen (secondary N) is 1. The highest BCUT2D eigenvalue weighted by Gasteiger charge is 2.14. The van der Waals surface area contributed by atoms with Crippen LogP contribution in [0.5, 0.6) is 0 Å². The lowest BCUT2D eigenvalue weighted by Gasteiger charge is -2.21. The highest BCUT2D eigenvalue weighted by Crippen LogP contribution is 2.11. The van der Waals surface area contributed by atoms with Gasteiger partial charge >= 0.3 is 0 Å². The van der Waals surface area contributed by atoms with Crippen LogP contribution in [-0.2, 0) is 4.79 Å². The molecule has 4 heteroatoms. The lowest BCUT2D eigenvalue weighted by Crippen LogP contribution is -2.35. The Balaban J connectivity index is 2.14. The SMILES string of the molecule is CCCCN(CCCC1CCCN1)CC(N)=O. The van der Waals surface area contributed by atoms with E-state index in [2.05, 4.69) is 17.1 Å². The van der Waals surface area contributed by atoms with Crippen LogP contribution in [0.3, 0.4) is 0 Å². The number of amides is 1. The van der Waals surface area contributed by atoms with Gasteiger partial charge in [-0.2, -0.15) is 0 Å². The summed E-state index contributed by atoms with van der Waals surface area (Å²) in [6.07, 6.45) is 7.32. The first kappa shape index (κ1) is 14.5. The summed E-state index contributed by atoms with van der Waals surface area (Å²) in [4.78, 5) is 13.2. The van der Waals surface area contributed by atoms with Gasteiger partial charge in [0.1, 0.15) is 0 Å². The molecule has 0 radical (unpaired) electrons. The Morgan fingerprint density at radius 2 is 2.18 bits per heavy atom. The third-order valence-electron chi connectivity index (χ3n) is 3.40. The molecule has 4 nitrogen and oxygen atoms in total.